The van der Waals surface area contributed by atoms with Gasteiger partial charge in [-0.15, -0.1) is 0 Å². The molecule has 0 aromatic heterocycles. The molecule has 2 nitrogen and oxygen atoms in total. The van der Waals surface area contributed by atoms with Gasteiger partial charge in [-0.3, -0.25) is 0 Å². The largest absolute Gasteiger partial charge is 0.478 e. The normalized spacial score (nSPS) is 12.7. The highest BCUT2D eigenvalue weighted by Crippen LogP contribution is 2.39. The van der Waals surface area contributed by atoms with Crippen LogP contribution in [0.1, 0.15) is 21.5 Å². The molecular formula is C13H6F6O2. The lowest BCUT2D eigenvalue weighted by molar-refractivity contribution is -0.139. The number of benzene rings is 2. The van der Waals surface area contributed by atoms with E-state index < -0.39 is 40.4 Å². The van der Waals surface area contributed by atoms with Crippen molar-refractivity contribution in [1.82, 2.24) is 0 Å². The fourth-order valence-electron chi connectivity index (χ4n) is 1.98. The van der Waals surface area contributed by atoms with Gasteiger partial charge in [-0.2, -0.15) is 26.3 Å². The molecule has 0 radical (unpaired) electrons. The summed E-state index contributed by atoms with van der Waals surface area (Å²) in [5.41, 5.74) is -3.95. The quantitative estimate of drug-likeness (QED) is 0.783. The number of aromatic carboxylic acids is 1. The van der Waals surface area contributed by atoms with Gasteiger partial charge in [-0.25, -0.2) is 4.79 Å². The second kappa shape index (κ2) is 4.64. The van der Waals surface area contributed by atoms with E-state index in [4.69, 9.17) is 5.11 Å². The fraction of sp³-hybridized carbons (Fsp3) is 0.154. The van der Waals surface area contributed by atoms with E-state index in [1.165, 1.54) is 0 Å². The first-order valence-electron chi connectivity index (χ1n) is 5.46. The third-order valence-corrected chi connectivity index (χ3v) is 2.86. The Morgan fingerprint density at radius 2 is 1.48 bits per heavy atom. The van der Waals surface area contributed by atoms with Crippen LogP contribution < -0.4 is 0 Å². The van der Waals surface area contributed by atoms with Gasteiger partial charge in [0, 0.05) is 0 Å². The molecule has 0 spiro atoms. The molecule has 2 aromatic rings. The Morgan fingerprint density at radius 1 is 0.905 bits per heavy atom. The lowest BCUT2D eigenvalue weighted by atomic mass is 9.97. The summed E-state index contributed by atoms with van der Waals surface area (Å²) in [5, 5.41) is 7.88. The molecule has 0 saturated heterocycles. The minimum atomic E-state index is -5.07. The van der Waals surface area contributed by atoms with E-state index in [9.17, 15) is 31.1 Å². The number of carbonyl (C=O) groups is 1. The van der Waals surface area contributed by atoms with E-state index >= 15 is 0 Å². The number of fused-ring (bicyclic) bond motifs is 1. The van der Waals surface area contributed by atoms with Gasteiger partial charge < -0.3 is 5.11 Å². The van der Waals surface area contributed by atoms with Crippen LogP contribution in [0.4, 0.5) is 26.3 Å². The van der Waals surface area contributed by atoms with Crippen LogP contribution in [0.25, 0.3) is 10.8 Å². The highest BCUT2D eigenvalue weighted by atomic mass is 19.4. The van der Waals surface area contributed by atoms with Crippen molar-refractivity contribution >= 4 is 16.7 Å². The average molecular weight is 308 g/mol. The maximum Gasteiger partial charge on any atom is 0.417 e. The Morgan fingerprint density at radius 3 is 1.95 bits per heavy atom. The van der Waals surface area contributed by atoms with E-state index in [1.54, 1.807) is 0 Å². The van der Waals surface area contributed by atoms with Crippen molar-refractivity contribution in [1.29, 1.82) is 0 Å². The maximum absolute atomic E-state index is 12.8. The highest BCUT2D eigenvalue weighted by Gasteiger charge is 2.38. The number of hydrogen-bond donors (Lipinski definition) is 1. The molecule has 1 N–H and O–H groups in total. The minimum Gasteiger partial charge on any atom is -0.478 e. The van der Waals surface area contributed by atoms with Crippen LogP contribution >= 0.6 is 0 Å². The van der Waals surface area contributed by atoms with E-state index in [2.05, 4.69) is 0 Å². The van der Waals surface area contributed by atoms with Crippen LogP contribution in [0.2, 0.25) is 0 Å². The summed E-state index contributed by atoms with van der Waals surface area (Å²) < 4.78 is 76.9. The van der Waals surface area contributed by atoms with Crippen LogP contribution in [0.15, 0.2) is 30.3 Å². The number of carboxylic acid groups (broad SMARTS) is 1. The summed E-state index contributed by atoms with van der Waals surface area (Å²) in [7, 11) is 0. The van der Waals surface area contributed by atoms with Gasteiger partial charge in [-0.1, -0.05) is 12.1 Å². The number of rotatable bonds is 1. The highest BCUT2D eigenvalue weighted by molar-refractivity contribution is 5.97. The van der Waals surface area contributed by atoms with E-state index in [1.807, 2.05) is 0 Å². The van der Waals surface area contributed by atoms with Crippen LogP contribution in [-0.4, -0.2) is 11.1 Å². The Hall–Kier alpha value is -2.25. The molecule has 0 saturated carbocycles. The molecule has 0 aliphatic heterocycles. The van der Waals surface area contributed by atoms with Crippen LogP contribution in [-0.2, 0) is 12.4 Å². The van der Waals surface area contributed by atoms with Gasteiger partial charge in [0.2, 0.25) is 0 Å². The molecule has 0 bridgehead atoms. The van der Waals surface area contributed by atoms with Gasteiger partial charge in [0.25, 0.3) is 0 Å². The summed E-state index contributed by atoms with van der Waals surface area (Å²) in [6.07, 6.45) is -9.91. The van der Waals surface area contributed by atoms with Gasteiger partial charge in [0.05, 0.1) is 16.7 Å². The predicted octanol–water partition coefficient (Wildman–Crippen LogP) is 4.58. The Balaban J connectivity index is 2.90. The molecular weight excluding hydrogens is 302 g/mol. The Bertz CT molecular complexity index is 715. The average Bonchev–Trinajstić information content (AvgIpc) is 2.34. The van der Waals surface area contributed by atoms with Crippen molar-refractivity contribution in [2.24, 2.45) is 0 Å². The van der Waals surface area contributed by atoms with Crippen LogP contribution in [0.5, 0.6) is 0 Å². The minimum absolute atomic E-state index is 0.224. The van der Waals surface area contributed by atoms with Gasteiger partial charge in [0.1, 0.15) is 0 Å². The summed E-state index contributed by atoms with van der Waals surface area (Å²) in [6.45, 7) is 0. The predicted molar refractivity (Wildman–Crippen MR) is 60.9 cm³/mol. The second-order valence-electron chi connectivity index (χ2n) is 4.23. The molecule has 0 aliphatic carbocycles. The SMILES string of the molecule is O=C(O)c1cc2cccc(C(F)(F)F)c2cc1C(F)(F)F. The molecule has 8 heteroatoms. The zero-order chi connectivity index (χ0) is 16.0. The zero-order valence-corrected chi connectivity index (χ0v) is 10.0. The first-order valence-corrected chi connectivity index (χ1v) is 5.46. The number of alkyl halides is 6. The number of halogens is 6. The fourth-order valence-corrected chi connectivity index (χ4v) is 1.98. The summed E-state index contributed by atoms with van der Waals surface area (Å²) in [6, 6.07) is 3.58. The van der Waals surface area contributed by atoms with Crippen molar-refractivity contribution < 1.29 is 36.2 Å². The lowest BCUT2D eigenvalue weighted by Gasteiger charge is -2.15. The summed E-state index contributed by atoms with van der Waals surface area (Å²) in [5.74, 6) is -1.86. The topological polar surface area (TPSA) is 37.3 Å². The second-order valence-corrected chi connectivity index (χ2v) is 4.23. The zero-order valence-electron chi connectivity index (χ0n) is 10.0. The van der Waals surface area contributed by atoms with E-state index in [0.717, 1.165) is 12.1 Å². The maximum atomic E-state index is 12.8. The molecule has 21 heavy (non-hydrogen) atoms. The molecule has 0 aliphatic rings. The van der Waals surface area contributed by atoms with Crippen molar-refractivity contribution in [3.05, 3.63) is 47.0 Å². The van der Waals surface area contributed by atoms with Gasteiger partial charge in [-0.05, 0) is 29.0 Å². The van der Waals surface area contributed by atoms with Crippen molar-refractivity contribution in [2.75, 3.05) is 0 Å². The Labute approximate surface area is 113 Å². The smallest absolute Gasteiger partial charge is 0.417 e. The van der Waals surface area contributed by atoms with Crippen LogP contribution in [0, 0.1) is 0 Å². The standard InChI is InChI=1S/C13H6F6O2/c14-12(15,16)9-3-1-2-6-4-8(11(20)21)10(5-7(6)9)13(17,18)19/h1-5H,(H,20,21). The lowest BCUT2D eigenvalue weighted by Crippen LogP contribution is -2.14. The molecule has 2 aromatic carbocycles. The Kier molecular flexibility index (Phi) is 3.35. The molecule has 0 fully saturated rings. The van der Waals surface area contributed by atoms with E-state index in [-0.39, 0.29) is 11.5 Å². The van der Waals surface area contributed by atoms with Crippen molar-refractivity contribution in [3.63, 3.8) is 0 Å². The van der Waals surface area contributed by atoms with E-state index in [0.29, 0.717) is 12.1 Å². The molecule has 0 unspecified atom stereocenters. The van der Waals surface area contributed by atoms with Gasteiger partial charge >= 0.3 is 18.3 Å². The molecule has 0 amide bonds. The van der Waals surface area contributed by atoms with Crippen molar-refractivity contribution in [3.8, 4) is 0 Å². The van der Waals surface area contributed by atoms with Crippen LogP contribution in [0.3, 0.4) is 0 Å². The van der Waals surface area contributed by atoms with Crippen molar-refractivity contribution in [2.45, 2.75) is 12.4 Å². The monoisotopic (exact) mass is 308 g/mol. The summed E-state index contributed by atoms with van der Waals surface area (Å²) >= 11 is 0. The third kappa shape index (κ3) is 2.79. The molecule has 112 valence electrons. The first kappa shape index (κ1) is 15.1. The molecule has 0 atom stereocenters. The molecule has 0 heterocycles. The number of hydrogen-bond acceptors (Lipinski definition) is 1. The third-order valence-electron chi connectivity index (χ3n) is 2.86. The number of carboxylic acids is 1. The summed E-state index contributed by atoms with van der Waals surface area (Å²) in [4.78, 5) is 10.9. The first-order chi connectivity index (χ1) is 9.51. The molecule has 2 rings (SSSR count). The van der Waals surface area contributed by atoms with Gasteiger partial charge in [0.15, 0.2) is 0 Å².